The van der Waals surface area contributed by atoms with E-state index < -0.39 is 0 Å². The van der Waals surface area contributed by atoms with Gasteiger partial charge in [0.1, 0.15) is 17.5 Å². The van der Waals surface area contributed by atoms with E-state index in [1.165, 1.54) is 37.2 Å². The molecule has 0 saturated carbocycles. The molecule has 0 amide bonds. The van der Waals surface area contributed by atoms with Gasteiger partial charge in [0.15, 0.2) is 0 Å². The minimum atomic E-state index is 0.894. The summed E-state index contributed by atoms with van der Waals surface area (Å²) in [6, 6.07) is 19.2. The maximum Gasteiger partial charge on any atom is 0.262 e. The molecule has 4 heteroatoms. The molecular weight excluding hydrogens is 352 g/mol. The third-order valence-electron chi connectivity index (χ3n) is 4.90. The van der Waals surface area contributed by atoms with Gasteiger partial charge in [-0.05, 0) is 29.2 Å². The molecule has 0 bridgehead atoms. The Bertz CT molecular complexity index is 1160. The summed E-state index contributed by atoms with van der Waals surface area (Å²) in [7, 11) is 7.99. The molecule has 0 aliphatic carbocycles. The molecule has 0 aliphatic heterocycles. The molecule has 0 fully saturated rings. The van der Waals surface area contributed by atoms with E-state index in [1.54, 1.807) is 18.4 Å². The molecule has 0 aliphatic rings. The quantitative estimate of drug-likeness (QED) is 0.460. The van der Waals surface area contributed by atoms with Crippen molar-refractivity contribution in [2.45, 2.75) is 0 Å². The number of hydrogen-bond acceptors (Lipinski definition) is 3. The molecule has 4 rings (SSSR count). The Morgan fingerprint density at radius 2 is 1.74 bits per heavy atom. The highest BCUT2D eigenvalue weighted by Crippen LogP contribution is 2.30. The van der Waals surface area contributed by atoms with Gasteiger partial charge in [0, 0.05) is 43.4 Å². The summed E-state index contributed by atoms with van der Waals surface area (Å²) < 4.78 is 8.81. The molecule has 1 aromatic heterocycles. The summed E-state index contributed by atoms with van der Waals surface area (Å²) in [5.74, 6) is 0.894. The molecule has 0 atom stereocenters. The van der Waals surface area contributed by atoms with Crippen molar-refractivity contribution >= 4 is 50.2 Å². The largest absolute Gasteiger partial charge is 0.497 e. The lowest BCUT2D eigenvalue weighted by atomic mass is 10.0. The molecule has 0 radical (unpaired) electrons. The first-order chi connectivity index (χ1) is 13.1. The van der Waals surface area contributed by atoms with E-state index in [4.69, 9.17) is 4.74 Å². The first kappa shape index (κ1) is 17.6. The average molecular weight is 376 g/mol. The van der Waals surface area contributed by atoms with E-state index in [9.17, 15) is 0 Å². The van der Waals surface area contributed by atoms with Gasteiger partial charge in [0.25, 0.3) is 5.01 Å². The summed E-state index contributed by atoms with van der Waals surface area (Å²) >= 11 is 1.77. The number of rotatable bonds is 4. The smallest absolute Gasteiger partial charge is 0.262 e. The van der Waals surface area contributed by atoms with Gasteiger partial charge in [-0.3, -0.25) is 0 Å². The lowest BCUT2D eigenvalue weighted by molar-refractivity contribution is -0.642. The molecular formula is C23H23N2OS+. The highest BCUT2D eigenvalue weighted by atomic mass is 32.1. The summed E-state index contributed by atoms with van der Waals surface area (Å²) in [5, 5.41) is 3.75. The number of thiazole rings is 1. The average Bonchev–Trinajstić information content (AvgIpc) is 3.00. The van der Waals surface area contributed by atoms with E-state index in [1.807, 2.05) is 6.07 Å². The maximum atomic E-state index is 5.35. The van der Waals surface area contributed by atoms with Crippen LogP contribution in [0.2, 0.25) is 0 Å². The second-order valence-corrected chi connectivity index (χ2v) is 7.84. The predicted octanol–water partition coefficient (Wildman–Crippen LogP) is 5.12. The van der Waals surface area contributed by atoms with Gasteiger partial charge in [-0.15, -0.1) is 0 Å². The van der Waals surface area contributed by atoms with Crippen LogP contribution in [0, 0.1) is 0 Å². The topological polar surface area (TPSA) is 16.4 Å². The van der Waals surface area contributed by atoms with Gasteiger partial charge in [-0.2, -0.15) is 4.57 Å². The normalized spacial score (nSPS) is 11.6. The fourth-order valence-electron chi connectivity index (χ4n) is 3.43. The van der Waals surface area contributed by atoms with Crippen LogP contribution in [-0.4, -0.2) is 21.2 Å². The number of ether oxygens (including phenoxy) is 1. The first-order valence-corrected chi connectivity index (χ1v) is 9.74. The molecule has 0 spiro atoms. The number of benzene rings is 3. The van der Waals surface area contributed by atoms with Crippen molar-refractivity contribution in [3.05, 3.63) is 65.2 Å². The summed E-state index contributed by atoms with van der Waals surface area (Å²) in [4.78, 5) is 2.16. The fourth-order valence-corrected chi connectivity index (χ4v) is 4.51. The Kier molecular flexibility index (Phi) is 4.58. The van der Waals surface area contributed by atoms with E-state index in [0.717, 1.165) is 5.75 Å². The van der Waals surface area contributed by atoms with Gasteiger partial charge >= 0.3 is 0 Å². The number of nitrogens with zero attached hydrogens (tertiary/aromatic N) is 2. The van der Waals surface area contributed by atoms with Crippen molar-refractivity contribution in [3.63, 3.8) is 0 Å². The molecule has 4 aromatic rings. The fraction of sp³-hybridized carbons (Fsp3) is 0.174. The van der Waals surface area contributed by atoms with Gasteiger partial charge < -0.3 is 9.64 Å². The number of aromatic nitrogens is 1. The minimum absolute atomic E-state index is 0.894. The molecule has 0 N–H and O–H groups in total. The van der Waals surface area contributed by atoms with Crippen LogP contribution in [0.25, 0.3) is 33.1 Å². The van der Waals surface area contributed by atoms with Crippen molar-refractivity contribution in [3.8, 4) is 5.75 Å². The highest BCUT2D eigenvalue weighted by Gasteiger charge is 2.15. The standard InChI is InChI=1S/C23H23N2OS/c1-24(2)20-12-9-16(18-7-5-6-8-19(18)20)10-14-23-25(3)21-13-11-17(26-4)15-22(21)27-23/h5-15H,1-4H3/q+1. The zero-order valence-corrected chi connectivity index (χ0v) is 16.9. The van der Waals surface area contributed by atoms with Crippen molar-refractivity contribution in [2.24, 2.45) is 7.05 Å². The second-order valence-electron chi connectivity index (χ2n) is 6.78. The van der Waals surface area contributed by atoms with Crippen LogP contribution in [0.15, 0.2) is 54.6 Å². The molecule has 1 heterocycles. The van der Waals surface area contributed by atoms with E-state index in [2.05, 4.69) is 91.3 Å². The molecule has 3 aromatic carbocycles. The molecule has 3 nitrogen and oxygen atoms in total. The zero-order chi connectivity index (χ0) is 19.0. The van der Waals surface area contributed by atoms with Crippen molar-refractivity contribution in [1.29, 1.82) is 0 Å². The van der Waals surface area contributed by atoms with Crippen molar-refractivity contribution in [2.75, 3.05) is 26.1 Å². The highest BCUT2D eigenvalue weighted by molar-refractivity contribution is 7.18. The van der Waals surface area contributed by atoms with Crippen LogP contribution >= 0.6 is 11.3 Å². The van der Waals surface area contributed by atoms with Gasteiger partial charge in [0.05, 0.1) is 7.11 Å². The lowest BCUT2D eigenvalue weighted by Crippen LogP contribution is -2.28. The van der Waals surface area contributed by atoms with Gasteiger partial charge in [-0.25, -0.2) is 0 Å². The number of fused-ring (bicyclic) bond motifs is 2. The Hall–Kier alpha value is -2.85. The van der Waals surface area contributed by atoms with Crippen LogP contribution in [0.5, 0.6) is 5.75 Å². The third kappa shape index (κ3) is 3.17. The Balaban J connectivity index is 1.78. The molecule has 0 unspecified atom stereocenters. The van der Waals surface area contributed by atoms with E-state index in [-0.39, 0.29) is 0 Å². The van der Waals surface area contributed by atoms with E-state index >= 15 is 0 Å². The van der Waals surface area contributed by atoms with Gasteiger partial charge in [0.2, 0.25) is 5.52 Å². The number of methoxy groups -OCH3 is 1. The lowest BCUT2D eigenvalue weighted by Gasteiger charge is -2.16. The molecule has 27 heavy (non-hydrogen) atoms. The Labute approximate surface area is 163 Å². The maximum absolute atomic E-state index is 5.35. The monoisotopic (exact) mass is 375 g/mol. The predicted molar refractivity (Wildman–Crippen MR) is 117 cm³/mol. The Morgan fingerprint density at radius 1 is 0.963 bits per heavy atom. The minimum Gasteiger partial charge on any atom is -0.497 e. The van der Waals surface area contributed by atoms with E-state index in [0.29, 0.717) is 0 Å². The number of aryl methyl sites for hydroxylation is 1. The summed E-state index contributed by atoms with van der Waals surface area (Å²) in [6.07, 6.45) is 4.41. The second kappa shape index (κ2) is 7.05. The van der Waals surface area contributed by atoms with Crippen LogP contribution in [0.4, 0.5) is 5.69 Å². The third-order valence-corrected chi connectivity index (χ3v) is 6.06. The molecule has 0 saturated heterocycles. The first-order valence-electron chi connectivity index (χ1n) is 8.92. The Morgan fingerprint density at radius 3 is 2.48 bits per heavy atom. The van der Waals surface area contributed by atoms with Gasteiger partial charge in [-0.1, -0.05) is 41.7 Å². The zero-order valence-electron chi connectivity index (χ0n) is 16.1. The number of hydrogen-bond donors (Lipinski definition) is 0. The summed E-state index contributed by atoms with van der Waals surface area (Å²) in [5.41, 5.74) is 3.68. The van der Waals surface area contributed by atoms with Crippen LogP contribution in [0.1, 0.15) is 10.6 Å². The van der Waals surface area contributed by atoms with Crippen LogP contribution < -0.4 is 14.2 Å². The van der Waals surface area contributed by atoms with Crippen LogP contribution in [-0.2, 0) is 7.05 Å². The SMILES string of the molecule is COc1ccc2c(c1)sc(C=Cc1ccc(N(C)C)c3ccccc13)[n+]2C. The molecule has 136 valence electrons. The van der Waals surface area contributed by atoms with Crippen molar-refractivity contribution < 1.29 is 9.30 Å². The van der Waals surface area contributed by atoms with Crippen LogP contribution in [0.3, 0.4) is 0 Å². The summed E-state index contributed by atoms with van der Waals surface area (Å²) in [6.45, 7) is 0. The number of anilines is 1. The van der Waals surface area contributed by atoms with Crippen molar-refractivity contribution in [1.82, 2.24) is 0 Å².